The van der Waals surface area contributed by atoms with Crippen molar-refractivity contribution < 1.29 is 18.1 Å². The molecular formula is C21H15N3O5S2. The van der Waals surface area contributed by atoms with Crippen LogP contribution in [0.15, 0.2) is 71.6 Å². The number of sulfone groups is 1. The molecule has 0 spiro atoms. The van der Waals surface area contributed by atoms with E-state index >= 15 is 0 Å². The van der Waals surface area contributed by atoms with E-state index in [0.717, 1.165) is 45.2 Å². The number of rotatable bonds is 5. The average molecular weight is 454 g/mol. The molecule has 0 aliphatic carbocycles. The molecule has 156 valence electrons. The molecule has 0 saturated heterocycles. The van der Waals surface area contributed by atoms with Crippen molar-refractivity contribution in [2.45, 2.75) is 4.90 Å². The second-order valence-corrected chi connectivity index (χ2v) is 9.81. The van der Waals surface area contributed by atoms with E-state index in [2.05, 4.69) is 10.3 Å². The zero-order valence-corrected chi connectivity index (χ0v) is 17.7. The predicted molar refractivity (Wildman–Crippen MR) is 119 cm³/mol. The summed E-state index contributed by atoms with van der Waals surface area (Å²) in [6.45, 7) is 0. The molecule has 1 amide bonds. The van der Waals surface area contributed by atoms with Crippen molar-refractivity contribution >= 4 is 48.7 Å². The molecule has 0 fully saturated rings. The molecule has 1 heterocycles. The Morgan fingerprint density at radius 2 is 1.84 bits per heavy atom. The van der Waals surface area contributed by atoms with Gasteiger partial charge in [-0.05, 0) is 30.3 Å². The first kappa shape index (κ1) is 20.6. The third-order valence-electron chi connectivity index (χ3n) is 4.45. The number of carbonyl (C=O) groups excluding carboxylic acids is 1. The number of benzene rings is 3. The molecule has 0 bridgehead atoms. The second-order valence-electron chi connectivity index (χ2n) is 6.77. The maximum Gasteiger partial charge on any atom is 0.271 e. The maximum absolute atomic E-state index is 12.7. The van der Waals surface area contributed by atoms with E-state index in [1.807, 2.05) is 30.3 Å². The zero-order valence-electron chi connectivity index (χ0n) is 16.1. The molecule has 10 heteroatoms. The molecule has 0 radical (unpaired) electrons. The van der Waals surface area contributed by atoms with E-state index < -0.39 is 26.4 Å². The van der Waals surface area contributed by atoms with Gasteiger partial charge < -0.3 is 5.32 Å². The summed E-state index contributed by atoms with van der Waals surface area (Å²) in [5.41, 5.74) is 1.53. The largest absolute Gasteiger partial charge is 0.322 e. The van der Waals surface area contributed by atoms with E-state index in [9.17, 15) is 23.3 Å². The van der Waals surface area contributed by atoms with Crippen molar-refractivity contribution in [2.75, 3.05) is 11.6 Å². The molecule has 8 nitrogen and oxygen atoms in total. The van der Waals surface area contributed by atoms with Crippen LogP contribution in [0.25, 0.3) is 20.8 Å². The predicted octanol–water partition coefficient (Wildman–Crippen LogP) is 4.53. The van der Waals surface area contributed by atoms with Gasteiger partial charge in [0.05, 0.1) is 20.0 Å². The Morgan fingerprint density at radius 1 is 1.06 bits per heavy atom. The van der Waals surface area contributed by atoms with Gasteiger partial charge in [0.2, 0.25) is 0 Å². The van der Waals surface area contributed by atoms with Gasteiger partial charge in [0, 0.05) is 35.2 Å². The van der Waals surface area contributed by atoms with Crippen molar-refractivity contribution in [1.29, 1.82) is 0 Å². The zero-order chi connectivity index (χ0) is 22.2. The number of non-ortho nitro benzene ring substituents is 1. The maximum atomic E-state index is 12.7. The van der Waals surface area contributed by atoms with Crippen molar-refractivity contribution in [3.05, 3.63) is 82.4 Å². The molecule has 0 aliphatic heterocycles. The summed E-state index contributed by atoms with van der Waals surface area (Å²) in [5.74, 6) is -0.657. The number of aromatic nitrogens is 1. The summed E-state index contributed by atoms with van der Waals surface area (Å²) < 4.78 is 24.8. The molecule has 0 saturated carbocycles. The highest BCUT2D eigenvalue weighted by Gasteiger charge is 2.19. The van der Waals surface area contributed by atoms with E-state index in [0.29, 0.717) is 5.69 Å². The van der Waals surface area contributed by atoms with Crippen LogP contribution in [0.3, 0.4) is 0 Å². The summed E-state index contributed by atoms with van der Waals surface area (Å²) in [5, 5.41) is 14.6. The smallest absolute Gasteiger partial charge is 0.271 e. The van der Waals surface area contributed by atoms with Gasteiger partial charge in [0.25, 0.3) is 11.6 Å². The Bertz CT molecular complexity index is 1410. The number of fused-ring (bicyclic) bond motifs is 1. The van der Waals surface area contributed by atoms with Crippen molar-refractivity contribution in [2.24, 2.45) is 0 Å². The third kappa shape index (κ3) is 4.44. The normalized spacial score (nSPS) is 11.4. The molecule has 1 N–H and O–H groups in total. The molecule has 3 aromatic carbocycles. The minimum Gasteiger partial charge on any atom is -0.322 e. The van der Waals surface area contributed by atoms with Gasteiger partial charge in [-0.3, -0.25) is 14.9 Å². The lowest BCUT2D eigenvalue weighted by atomic mass is 10.1. The van der Waals surface area contributed by atoms with Gasteiger partial charge in [0.15, 0.2) is 9.84 Å². The van der Waals surface area contributed by atoms with Crippen molar-refractivity contribution in [3.8, 4) is 10.6 Å². The van der Waals surface area contributed by atoms with Crippen LogP contribution in [0.4, 0.5) is 11.4 Å². The molecule has 0 atom stereocenters. The molecule has 1 aromatic heterocycles. The minimum atomic E-state index is -3.73. The molecular weight excluding hydrogens is 438 g/mol. The van der Waals surface area contributed by atoms with E-state index in [1.165, 1.54) is 11.3 Å². The van der Waals surface area contributed by atoms with Gasteiger partial charge in [-0.15, -0.1) is 11.3 Å². The Kier molecular flexibility index (Phi) is 5.25. The van der Waals surface area contributed by atoms with Crippen LogP contribution in [0, 0.1) is 10.1 Å². The Hall–Kier alpha value is -3.63. The quantitative estimate of drug-likeness (QED) is 0.350. The molecule has 4 aromatic rings. The van der Waals surface area contributed by atoms with Crippen LogP contribution < -0.4 is 5.32 Å². The highest BCUT2D eigenvalue weighted by atomic mass is 32.2. The second kappa shape index (κ2) is 7.89. The molecule has 4 rings (SSSR count). The van der Waals surface area contributed by atoms with E-state index in [4.69, 9.17) is 0 Å². The van der Waals surface area contributed by atoms with Crippen LogP contribution in [0.5, 0.6) is 0 Å². The monoisotopic (exact) mass is 453 g/mol. The first-order chi connectivity index (χ1) is 14.7. The molecule has 31 heavy (non-hydrogen) atoms. The summed E-state index contributed by atoms with van der Waals surface area (Å²) in [6, 6.07) is 17.9. The van der Waals surface area contributed by atoms with Crippen LogP contribution in [-0.2, 0) is 9.84 Å². The lowest BCUT2D eigenvalue weighted by Gasteiger charge is -2.08. The van der Waals surface area contributed by atoms with Crippen LogP contribution in [0.2, 0.25) is 0 Å². The number of hydrogen-bond acceptors (Lipinski definition) is 7. The standard InChI is InChI=1S/C21H15N3O5S2/c1-31(28,29)17-11-14(10-16(12-17)24(26)27)20(25)22-15-6-4-5-13(9-15)21-23-18-7-2-3-8-19(18)30-21/h2-12H,1H3,(H,22,25). The molecule has 0 aliphatic rings. The lowest BCUT2D eigenvalue weighted by molar-refractivity contribution is -0.385. The lowest BCUT2D eigenvalue weighted by Crippen LogP contribution is -2.13. The number of anilines is 1. The fourth-order valence-corrected chi connectivity index (χ4v) is 4.60. The van der Waals surface area contributed by atoms with Gasteiger partial charge >= 0.3 is 0 Å². The van der Waals surface area contributed by atoms with Crippen molar-refractivity contribution in [3.63, 3.8) is 0 Å². The van der Waals surface area contributed by atoms with Crippen molar-refractivity contribution in [1.82, 2.24) is 4.98 Å². The minimum absolute atomic E-state index is 0.125. The van der Waals surface area contributed by atoms with Crippen LogP contribution >= 0.6 is 11.3 Å². The number of nitrogens with one attached hydrogen (secondary N) is 1. The number of nitro benzene ring substituents is 1. The number of nitro groups is 1. The number of amides is 1. The highest BCUT2D eigenvalue weighted by molar-refractivity contribution is 7.90. The summed E-state index contributed by atoms with van der Waals surface area (Å²) in [4.78, 5) is 27.4. The van der Waals surface area contributed by atoms with Gasteiger partial charge in [-0.1, -0.05) is 24.3 Å². The number of nitrogens with zero attached hydrogens (tertiary/aromatic N) is 2. The fourth-order valence-electron chi connectivity index (χ4n) is 2.96. The summed E-state index contributed by atoms with van der Waals surface area (Å²) in [6.07, 6.45) is 0.926. The van der Waals surface area contributed by atoms with Gasteiger partial charge in [-0.25, -0.2) is 13.4 Å². The Balaban J connectivity index is 1.65. The number of para-hydroxylation sites is 1. The number of hydrogen-bond donors (Lipinski definition) is 1. The first-order valence-corrected chi connectivity index (χ1v) is 11.7. The van der Waals surface area contributed by atoms with Gasteiger partial charge in [-0.2, -0.15) is 0 Å². The fraction of sp³-hybridized carbons (Fsp3) is 0.0476. The Labute approximate surface area is 181 Å². The van der Waals surface area contributed by atoms with E-state index in [1.54, 1.807) is 18.2 Å². The van der Waals surface area contributed by atoms with Crippen LogP contribution in [-0.4, -0.2) is 30.5 Å². The third-order valence-corrected chi connectivity index (χ3v) is 6.63. The SMILES string of the molecule is CS(=O)(=O)c1cc(C(=O)Nc2cccc(-c3nc4ccccc4s3)c2)cc([N+](=O)[O-])c1. The topological polar surface area (TPSA) is 119 Å². The summed E-state index contributed by atoms with van der Waals surface area (Å²) >= 11 is 1.52. The first-order valence-electron chi connectivity index (χ1n) is 8.97. The highest BCUT2D eigenvalue weighted by Crippen LogP contribution is 2.31. The van der Waals surface area contributed by atoms with E-state index in [-0.39, 0.29) is 10.5 Å². The Morgan fingerprint density at radius 3 is 2.55 bits per heavy atom. The average Bonchev–Trinajstić information content (AvgIpc) is 3.17. The number of thiazole rings is 1. The van der Waals surface area contributed by atoms with Gasteiger partial charge in [0.1, 0.15) is 5.01 Å². The van der Waals surface area contributed by atoms with Crippen LogP contribution in [0.1, 0.15) is 10.4 Å². The molecule has 0 unspecified atom stereocenters. The number of carbonyl (C=O) groups is 1. The summed E-state index contributed by atoms with van der Waals surface area (Å²) in [7, 11) is -3.73.